The van der Waals surface area contributed by atoms with Gasteiger partial charge in [0.25, 0.3) is 10.2 Å². The topological polar surface area (TPSA) is 61.4 Å². The average molecular weight is 263 g/mol. The second-order valence-electron chi connectivity index (χ2n) is 4.79. The van der Waals surface area contributed by atoms with Gasteiger partial charge in [-0.3, -0.25) is 0 Å². The van der Waals surface area contributed by atoms with Crippen molar-refractivity contribution in [2.24, 2.45) is 0 Å². The standard InChI is InChI=1S/C11H25N3O2S/c1-4-5-9-14(3)17(15,16)13-11-7-6-8-12-10(11)2/h10-13H,4-9H2,1-3H3. The second-order valence-corrected chi connectivity index (χ2v) is 6.60. The zero-order valence-electron chi connectivity index (χ0n) is 11.1. The van der Waals surface area contributed by atoms with Gasteiger partial charge in [-0.05, 0) is 32.7 Å². The lowest BCUT2D eigenvalue weighted by molar-refractivity contribution is 0.339. The smallest absolute Gasteiger partial charge is 0.279 e. The lowest BCUT2D eigenvalue weighted by Gasteiger charge is -2.31. The van der Waals surface area contributed by atoms with Crippen molar-refractivity contribution in [1.29, 1.82) is 0 Å². The van der Waals surface area contributed by atoms with Gasteiger partial charge in [0.15, 0.2) is 0 Å². The van der Waals surface area contributed by atoms with Crippen LogP contribution in [0.4, 0.5) is 0 Å². The summed E-state index contributed by atoms with van der Waals surface area (Å²) in [5.74, 6) is 0. The van der Waals surface area contributed by atoms with Gasteiger partial charge < -0.3 is 5.32 Å². The molecule has 2 atom stereocenters. The SMILES string of the molecule is CCCCN(C)S(=O)(=O)NC1CCCNC1C. The Bertz CT molecular complexity index is 319. The third-order valence-electron chi connectivity index (χ3n) is 3.30. The molecular formula is C11H25N3O2S. The summed E-state index contributed by atoms with van der Waals surface area (Å²) < 4.78 is 28.3. The summed E-state index contributed by atoms with van der Waals surface area (Å²) >= 11 is 0. The van der Waals surface area contributed by atoms with Crippen molar-refractivity contribution in [3.63, 3.8) is 0 Å². The van der Waals surface area contributed by atoms with Crippen LogP contribution in [0.1, 0.15) is 39.5 Å². The van der Waals surface area contributed by atoms with Crippen LogP contribution in [0.3, 0.4) is 0 Å². The minimum atomic E-state index is -3.32. The normalized spacial score (nSPS) is 26.4. The van der Waals surface area contributed by atoms with Crippen molar-refractivity contribution in [3.8, 4) is 0 Å². The molecule has 5 nitrogen and oxygen atoms in total. The van der Waals surface area contributed by atoms with E-state index in [0.717, 1.165) is 32.2 Å². The van der Waals surface area contributed by atoms with Gasteiger partial charge in [-0.15, -0.1) is 0 Å². The summed E-state index contributed by atoms with van der Waals surface area (Å²) in [4.78, 5) is 0. The summed E-state index contributed by atoms with van der Waals surface area (Å²) in [7, 11) is -1.68. The van der Waals surface area contributed by atoms with E-state index in [2.05, 4.69) is 17.0 Å². The van der Waals surface area contributed by atoms with Gasteiger partial charge in [-0.1, -0.05) is 13.3 Å². The molecule has 0 aliphatic carbocycles. The molecule has 17 heavy (non-hydrogen) atoms. The van der Waals surface area contributed by atoms with Crippen molar-refractivity contribution in [3.05, 3.63) is 0 Å². The third-order valence-corrected chi connectivity index (χ3v) is 4.90. The Hall–Kier alpha value is -0.170. The van der Waals surface area contributed by atoms with Crippen molar-refractivity contribution >= 4 is 10.2 Å². The fraction of sp³-hybridized carbons (Fsp3) is 1.00. The van der Waals surface area contributed by atoms with Crippen LogP contribution in [0.2, 0.25) is 0 Å². The first kappa shape index (κ1) is 14.9. The van der Waals surface area contributed by atoms with Gasteiger partial charge >= 0.3 is 0 Å². The quantitative estimate of drug-likeness (QED) is 0.741. The molecule has 0 aromatic carbocycles. The number of nitrogens with one attached hydrogen (secondary N) is 2. The highest BCUT2D eigenvalue weighted by Gasteiger charge is 2.27. The number of hydrogen-bond acceptors (Lipinski definition) is 3. The lowest BCUT2D eigenvalue weighted by Crippen LogP contribution is -2.54. The molecule has 0 spiro atoms. The fourth-order valence-corrected chi connectivity index (χ4v) is 3.24. The summed E-state index contributed by atoms with van der Waals surface area (Å²) in [6, 6.07) is 0.218. The van der Waals surface area contributed by atoms with Gasteiger partial charge in [-0.2, -0.15) is 17.4 Å². The molecule has 2 unspecified atom stereocenters. The lowest BCUT2D eigenvalue weighted by atomic mass is 10.0. The van der Waals surface area contributed by atoms with Crippen molar-refractivity contribution in [1.82, 2.24) is 14.3 Å². The largest absolute Gasteiger partial charge is 0.313 e. The van der Waals surface area contributed by atoms with Crippen LogP contribution in [0, 0.1) is 0 Å². The first-order chi connectivity index (χ1) is 7.97. The Balaban J connectivity index is 2.52. The van der Waals surface area contributed by atoms with E-state index in [-0.39, 0.29) is 12.1 Å². The number of hydrogen-bond donors (Lipinski definition) is 2. The molecule has 0 amide bonds. The van der Waals surface area contributed by atoms with Crippen molar-refractivity contribution < 1.29 is 8.42 Å². The van der Waals surface area contributed by atoms with Gasteiger partial charge in [0.1, 0.15) is 0 Å². The van der Waals surface area contributed by atoms with Gasteiger partial charge in [0.05, 0.1) is 0 Å². The number of unbranched alkanes of at least 4 members (excludes halogenated alkanes) is 1. The maximum absolute atomic E-state index is 12.0. The maximum Gasteiger partial charge on any atom is 0.279 e. The predicted octanol–water partition coefficient (Wildman–Crippen LogP) is 0.693. The van der Waals surface area contributed by atoms with Crippen LogP contribution in [0.15, 0.2) is 0 Å². The zero-order chi connectivity index (χ0) is 12.9. The van der Waals surface area contributed by atoms with E-state index in [1.807, 2.05) is 6.92 Å². The summed E-state index contributed by atoms with van der Waals surface area (Å²) in [6.45, 7) is 5.64. The van der Waals surface area contributed by atoms with Crippen LogP contribution in [-0.2, 0) is 10.2 Å². The first-order valence-corrected chi connectivity index (χ1v) is 7.88. The molecule has 102 valence electrons. The molecular weight excluding hydrogens is 238 g/mol. The Morgan fingerprint density at radius 2 is 2.18 bits per heavy atom. The van der Waals surface area contributed by atoms with Crippen LogP contribution < -0.4 is 10.0 Å². The van der Waals surface area contributed by atoms with Crippen molar-refractivity contribution in [2.75, 3.05) is 20.1 Å². The molecule has 1 aliphatic rings. The highest BCUT2D eigenvalue weighted by Crippen LogP contribution is 2.10. The van der Waals surface area contributed by atoms with Gasteiger partial charge in [-0.25, -0.2) is 0 Å². The molecule has 0 radical (unpaired) electrons. The predicted molar refractivity (Wildman–Crippen MR) is 70.1 cm³/mol. The Morgan fingerprint density at radius 3 is 2.76 bits per heavy atom. The van der Waals surface area contributed by atoms with E-state index in [9.17, 15) is 8.42 Å². The number of rotatable bonds is 6. The molecule has 1 aliphatic heterocycles. The molecule has 0 aromatic rings. The zero-order valence-corrected chi connectivity index (χ0v) is 11.9. The molecule has 1 fully saturated rings. The number of piperidine rings is 1. The monoisotopic (exact) mass is 263 g/mol. The number of nitrogens with zero attached hydrogens (tertiary/aromatic N) is 1. The Morgan fingerprint density at radius 1 is 1.47 bits per heavy atom. The first-order valence-electron chi connectivity index (χ1n) is 6.44. The minimum Gasteiger partial charge on any atom is -0.313 e. The average Bonchev–Trinajstić information content (AvgIpc) is 2.28. The maximum atomic E-state index is 12.0. The Kier molecular flexibility index (Phi) is 5.85. The van der Waals surface area contributed by atoms with E-state index < -0.39 is 10.2 Å². The van der Waals surface area contributed by atoms with Gasteiger partial charge in [0, 0.05) is 25.7 Å². The van der Waals surface area contributed by atoms with E-state index in [1.54, 1.807) is 7.05 Å². The minimum absolute atomic E-state index is 0.0119. The van der Waals surface area contributed by atoms with E-state index in [1.165, 1.54) is 4.31 Å². The molecule has 1 rings (SSSR count). The summed E-state index contributed by atoms with van der Waals surface area (Å²) in [6.07, 6.45) is 3.84. The van der Waals surface area contributed by atoms with Crippen LogP contribution >= 0.6 is 0 Å². The molecule has 0 aromatic heterocycles. The second kappa shape index (κ2) is 6.68. The van der Waals surface area contributed by atoms with Crippen LogP contribution in [-0.4, -0.2) is 44.9 Å². The highest BCUT2D eigenvalue weighted by molar-refractivity contribution is 7.87. The molecule has 0 saturated carbocycles. The van der Waals surface area contributed by atoms with E-state index >= 15 is 0 Å². The van der Waals surface area contributed by atoms with E-state index in [0.29, 0.717) is 6.54 Å². The third kappa shape index (κ3) is 4.54. The van der Waals surface area contributed by atoms with Crippen LogP contribution in [0.5, 0.6) is 0 Å². The van der Waals surface area contributed by atoms with Crippen LogP contribution in [0.25, 0.3) is 0 Å². The summed E-state index contributed by atoms with van der Waals surface area (Å²) in [5.41, 5.74) is 0. The molecule has 1 saturated heterocycles. The highest BCUT2D eigenvalue weighted by atomic mass is 32.2. The van der Waals surface area contributed by atoms with Gasteiger partial charge in [0.2, 0.25) is 0 Å². The van der Waals surface area contributed by atoms with Crippen molar-refractivity contribution in [2.45, 2.75) is 51.6 Å². The molecule has 0 bridgehead atoms. The Labute approximate surface area is 105 Å². The molecule has 2 N–H and O–H groups in total. The fourth-order valence-electron chi connectivity index (χ4n) is 1.99. The van der Waals surface area contributed by atoms with E-state index in [4.69, 9.17) is 0 Å². The molecule has 6 heteroatoms. The molecule has 1 heterocycles. The summed E-state index contributed by atoms with van der Waals surface area (Å²) in [5, 5.41) is 3.29.